The number of H-pyrrole nitrogens is 1. The maximum Gasteiger partial charge on any atom is 0.328 e. The Hall–Kier alpha value is -2.67. The largest absolute Gasteiger partial charge is 0.388 e. The number of aromatic nitrogens is 2. The van der Waals surface area contributed by atoms with E-state index in [1.807, 2.05) is 30.3 Å². The molecule has 1 amide bonds. The van der Waals surface area contributed by atoms with Gasteiger partial charge >= 0.3 is 5.69 Å². The summed E-state index contributed by atoms with van der Waals surface area (Å²) in [5.41, 5.74) is -0.340. The zero-order chi connectivity index (χ0) is 16.8. The van der Waals surface area contributed by atoms with Crippen LogP contribution in [0.4, 0.5) is 5.69 Å². The Morgan fingerprint density at radius 2 is 2.00 bits per heavy atom. The molecule has 122 valence electrons. The molecule has 3 N–H and O–H groups in total. The molecule has 0 fully saturated rings. The van der Waals surface area contributed by atoms with Gasteiger partial charge in [-0.15, -0.1) is 0 Å². The lowest BCUT2D eigenvalue weighted by molar-refractivity contribution is -0.116. The van der Waals surface area contributed by atoms with Crippen LogP contribution in [0.3, 0.4) is 0 Å². The molecule has 0 aliphatic carbocycles. The topological polar surface area (TPSA) is 104 Å². The van der Waals surface area contributed by atoms with E-state index in [2.05, 4.69) is 10.3 Å². The molecule has 0 aliphatic rings. The number of aliphatic hydroxyl groups excluding tert-OH is 1. The number of hydrogen-bond acceptors (Lipinski definition) is 4. The van der Waals surface area contributed by atoms with Crippen LogP contribution in [0.2, 0.25) is 0 Å². The van der Waals surface area contributed by atoms with Crippen LogP contribution in [-0.2, 0) is 11.8 Å². The lowest BCUT2D eigenvalue weighted by Gasteiger charge is -2.10. The van der Waals surface area contributed by atoms with Crippen LogP contribution in [0.5, 0.6) is 0 Å². The van der Waals surface area contributed by atoms with Crippen molar-refractivity contribution >= 4 is 11.6 Å². The molecule has 23 heavy (non-hydrogen) atoms. The van der Waals surface area contributed by atoms with E-state index in [1.165, 1.54) is 17.8 Å². The molecule has 2 aromatic rings. The standard InChI is InChI=1S/C16H19N3O4/c1-19-10-12(15(22)18-16(19)23)17-14(21)9-5-8-13(20)11-6-3-2-4-7-11/h2-4,6-7,10,13,20H,5,8-9H2,1H3,(H,17,21)(H,18,22,23). The van der Waals surface area contributed by atoms with Crippen molar-refractivity contribution in [2.45, 2.75) is 25.4 Å². The number of benzene rings is 1. The van der Waals surface area contributed by atoms with E-state index < -0.39 is 17.4 Å². The molecule has 1 unspecified atom stereocenters. The lowest BCUT2D eigenvalue weighted by atomic mass is 10.0. The predicted octanol–water partition coefficient (Wildman–Crippen LogP) is 0.916. The minimum absolute atomic E-state index is 0.0284. The van der Waals surface area contributed by atoms with Crippen LogP contribution in [0.1, 0.15) is 30.9 Å². The second kappa shape index (κ2) is 7.55. The van der Waals surface area contributed by atoms with Gasteiger partial charge in [0.25, 0.3) is 5.56 Å². The molecule has 1 heterocycles. The molecular formula is C16H19N3O4. The fourth-order valence-electron chi connectivity index (χ4n) is 2.16. The van der Waals surface area contributed by atoms with Crippen molar-refractivity contribution in [3.8, 4) is 0 Å². The Kier molecular flexibility index (Phi) is 5.48. The second-order valence-electron chi connectivity index (χ2n) is 5.28. The Balaban J connectivity index is 1.85. The second-order valence-corrected chi connectivity index (χ2v) is 5.28. The Labute approximate surface area is 132 Å². The number of rotatable bonds is 6. The summed E-state index contributed by atoms with van der Waals surface area (Å²) in [6.07, 6.45) is 1.75. The van der Waals surface area contributed by atoms with Gasteiger partial charge in [0.2, 0.25) is 5.91 Å². The zero-order valence-electron chi connectivity index (χ0n) is 12.8. The van der Waals surface area contributed by atoms with E-state index in [0.29, 0.717) is 12.8 Å². The first-order valence-electron chi connectivity index (χ1n) is 7.30. The number of carbonyl (C=O) groups is 1. The number of nitrogens with zero attached hydrogens (tertiary/aromatic N) is 1. The third-order valence-corrected chi connectivity index (χ3v) is 3.45. The lowest BCUT2D eigenvalue weighted by Crippen LogP contribution is -2.30. The van der Waals surface area contributed by atoms with Crippen LogP contribution in [0.25, 0.3) is 0 Å². The Morgan fingerprint density at radius 1 is 1.30 bits per heavy atom. The highest BCUT2D eigenvalue weighted by Gasteiger charge is 2.10. The number of carbonyl (C=O) groups excluding carboxylic acids is 1. The number of aryl methyl sites for hydroxylation is 1. The highest BCUT2D eigenvalue weighted by Crippen LogP contribution is 2.18. The Morgan fingerprint density at radius 3 is 2.70 bits per heavy atom. The summed E-state index contributed by atoms with van der Waals surface area (Å²) in [6, 6.07) is 9.21. The molecule has 1 aromatic heterocycles. The van der Waals surface area contributed by atoms with Gasteiger partial charge in [-0.05, 0) is 18.4 Å². The van der Waals surface area contributed by atoms with Crippen molar-refractivity contribution in [2.75, 3.05) is 5.32 Å². The number of aromatic amines is 1. The van der Waals surface area contributed by atoms with Gasteiger partial charge in [-0.2, -0.15) is 0 Å². The van der Waals surface area contributed by atoms with Crippen LogP contribution in [0.15, 0.2) is 46.1 Å². The van der Waals surface area contributed by atoms with Gasteiger partial charge in [0.1, 0.15) is 5.69 Å². The minimum atomic E-state index is -0.634. The molecule has 0 saturated heterocycles. The molecule has 2 rings (SSSR count). The van der Waals surface area contributed by atoms with Crippen molar-refractivity contribution in [2.24, 2.45) is 7.05 Å². The average Bonchev–Trinajstić information content (AvgIpc) is 2.53. The molecule has 7 nitrogen and oxygen atoms in total. The molecule has 0 saturated carbocycles. The van der Waals surface area contributed by atoms with E-state index in [0.717, 1.165) is 5.56 Å². The van der Waals surface area contributed by atoms with Gasteiger partial charge < -0.3 is 15.0 Å². The molecule has 1 atom stereocenters. The number of nitrogens with one attached hydrogen (secondary N) is 2. The average molecular weight is 317 g/mol. The molecule has 0 radical (unpaired) electrons. The summed E-state index contributed by atoms with van der Waals surface area (Å²) in [7, 11) is 1.48. The van der Waals surface area contributed by atoms with E-state index in [1.54, 1.807) is 0 Å². The van der Waals surface area contributed by atoms with E-state index in [-0.39, 0.29) is 18.0 Å². The third kappa shape index (κ3) is 4.65. The molecule has 1 aromatic carbocycles. The zero-order valence-corrected chi connectivity index (χ0v) is 12.8. The van der Waals surface area contributed by atoms with E-state index in [9.17, 15) is 19.5 Å². The molecule has 0 aliphatic heterocycles. The van der Waals surface area contributed by atoms with Gasteiger partial charge in [-0.25, -0.2) is 4.79 Å². The van der Waals surface area contributed by atoms with Gasteiger partial charge in [0, 0.05) is 19.7 Å². The normalized spacial score (nSPS) is 11.9. The summed E-state index contributed by atoms with van der Waals surface area (Å²) in [4.78, 5) is 36.7. The van der Waals surface area contributed by atoms with Crippen molar-refractivity contribution in [3.05, 3.63) is 62.9 Å². The fraction of sp³-hybridized carbons (Fsp3) is 0.312. The SMILES string of the molecule is Cn1cc(NC(=O)CCCC(O)c2ccccc2)c(=O)[nH]c1=O. The summed E-state index contributed by atoms with van der Waals surface area (Å²) in [5, 5.41) is 12.5. The van der Waals surface area contributed by atoms with Gasteiger partial charge in [0.05, 0.1) is 6.10 Å². The van der Waals surface area contributed by atoms with Crippen LogP contribution >= 0.6 is 0 Å². The first-order valence-corrected chi connectivity index (χ1v) is 7.30. The third-order valence-electron chi connectivity index (χ3n) is 3.45. The monoisotopic (exact) mass is 317 g/mol. The van der Waals surface area contributed by atoms with Crippen LogP contribution in [-0.4, -0.2) is 20.6 Å². The number of hydrogen-bond donors (Lipinski definition) is 3. The Bertz CT molecular complexity index is 780. The predicted molar refractivity (Wildman–Crippen MR) is 86.2 cm³/mol. The molecule has 0 bridgehead atoms. The van der Waals surface area contributed by atoms with Gasteiger partial charge in [0.15, 0.2) is 0 Å². The first-order chi connectivity index (χ1) is 11.0. The van der Waals surface area contributed by atoms with Crippen LogP contribution in [0, 0.1) is 0 Å². The summed E-state index contributed by atoms with van der Waals surface area (Å²) >= 11 is 0. The minimum Gasteiger partial charge on any atom is -0.388 e. The van der Waals surface area contributed by atoms with E-state index in [4.69, 9.17) is 0 Å². The van der Waals surface area contributed by atoms with Crippen molar-refractivity contribution < 1.29 is 9.90 Å². The van der Waals surface area contributed by atoms with Gasteiger partial charge in [-0.1, -0.05) is 30.3 Å². The fourth-order valence-corrected chi connectivity index (χ4v) is 2.16. The van der Waals surface area contributed by atoms with Crippen LogP contribution < -0.4 is 16.6 Å². The van der Waals surface area contributed by atoms with Crippen molar-refractivity contribution in [1.29, 1.82) is 0 Å². The summed E-state index contributed by atoms with van der Waals surface area (Å²) < 4.78 is 1.18. The van der Waals surface area contributed by atoms with Crippen molar-refractivity contribution in [1.82, 2.24) is 9.55 Å². The maximum absolute atomic E-state index is 11.8. The maximum atomic E-state index is 11.8. The first kappa shape index (κ1) is 16.7. The smallest absolute Gasteiger partial charge is 0.328 e. The summed E-state index contributed by atoms with van der Waals surface area (Å²) in [6.45, 7) is 0. The van der Waals surface area contributed by atoms with Gasteiger partial charge in [-0.3, -0.25) is 14.6 Å². The molecular weight excluding hydrogens is 298 g/mol. The number of anilines is 1. The molecule has 7 heteroatoms. The highest BCUT2D eigenvalue weighted by molar-refractivity contribution is 5.90. The van der Waals surface area contributed by atoms with E-state index >= 15 is 0 Å². The highest BCUT2D eigenvalue weighted by atomic mass is 16.3. The number of aliphatic hydroxyl groups is 1. The quantitative estimate of drug-likeness (QED) is 0.736. The van der Waals surface area contributed by atoms with Crippen molar-refractivity contribution in [3.63, 3.8) is 0 Å². The summed E-state index contributed by atoms with van der Waals surface area (Å²) in [5.74, 6) is -0.339. The molecule has 0 spiro atoms. The number of amides is 1.